The van der Waals surface area contributed by atoms with Crippen LogP contribution in [0.5, 0.6) is 11.5 Å². The zero-order chi connectivity index (χ0) is 40.3. The van der Waals surface area contributed by atoms with Crippen LogP contribution in [0.25, 0.3) is 0 Å². The van der Waals surface area contributed by atoms with E-state index < -0.39 is 0 Å². The molecule has 3 aliphatic heterocycles. The first-order chi connectivity index (χ1) is 28.3. The summed E-state index contributed by atoms with van der Waals surface area (Å²) < 4.78 is 19.9. The van der Waals surface area contributed by atoms with Gasteiger partial charge >= 0.3 is 0 Å². The van der Waals surface area contributed by atoms with E-state index in [4.69, 9.17) is 14.2 Å². The summed E-state index contributed by atoms with van der Waals surface area (Å²) in [5.41, 5.74) is 3.97. The predicted octanol–water partition coefficient (Wildman–Crippen LogP) is 4.25. The molecule has 1 saturated carbocycles. The van der Waals surface area contributed by atoms with Gasteiger partial charge in [0.2, 0.25) is 5.91 Å². The number of nitrogens with zero attached hydrogens (tertiary/aromatic N) is 5. The maximum atomic E-state index is 13.4. The standard InChI is InChI=1S/C44H61N7O7/c1-2-3-19-49(23-18-45-17-11-36-9-10-38(52)41-42(36)57-31-39(53)46-41)40(54)14-26-56-25-13-33-5-4-6-35(28-33)29-48-21-15-44(16-22-48)32-50(24-27-58-44)43(55)37-12-20-51(47-37)30-34-7-8-34/h4-6,9-10,12,20,28,34,45,52H,2-3,7-8,11,13-19,21-27,29-32H2,1H3,(H,46,53). The second-order valence-electron chi connectivity index (χ2n) is 16.4. The fraction of sp³-hybridized carbons (Fsp3) is 0.591. The number of morpholine rings is 1. The van der Waals surface area contributed by atoms with Gasteiger partial charge in [-0.15, -0.1) is 0 Å². The fourth-order valence-electron chi connectivity index (χ4n) is 8.18. The highest BCUT2D eigenvalue weighted by Gasteiger charge is 2.41. The van der Waals surface area contributed by atoms with Crippen LogP contribution in [0, 0.1) is 5.92 Å². The van der Waals surface area contributed by atoms with Crippen molar-refractivity contribution in [2.75, 3.05) is 84.1 Å². The van der Waals surface area contributed by atoms with Crippen molar-refractivity contribution in [3.05, 3.63) is 71.0 Å². The number of aromatic hydroxyl groups is 1. The number of unbranched alkanes of at least 4 members (excludes halogenated alkanes) is 1. The summed E-state index contributed by atoms with van der Waals surface area (Å²) in [6.45, 7) is 11.1. The molecule has 14 nitrogen and oxygen atoms in total. The van der Waals surface area contributed by atoms with E-state index in [1.807, 2.05) is 32.8 Å². The fourth-order valence-corrected chi connectivity index (χ4v) is 8.18. The first-order valence-corrected chi connectivity index (χ1v) is 21.4. The molecule has 14 heteroatoms. The number of phenols is 1. The van der Waals surface area contributed by atoms with Gasteiger partial charge in [0.05, 0.1) is 38.4 Å². The van der Waals surface area contributed by atoms with E-state index >= 15 is 0 Å². The Labute approximate surface area is 342 Å². The average molecular weight is 800 g/mol. The number of ether oxygens (including phenoxy) is 3. The van der Waals surface area contributed by atoms with Gasteiger partial charge in [0.25, 0.3) is 11.8 Å². The molecule has 4 aliphatic rings. The molecule has 58 heavy (non-hydrogen) atoms. The predicted molar refractivity (Wildman–Crippen MR) is 220 cm³/mol. The lowest BCUT2D eigenvalue weighted by Gasteiger charge is -2.47. The lowest BCUT2D eigenvalue weighted by Crippen LogP contribution is -2.58. The lowest BCUT2D eigenvalue weighted by molar-refractivity contribution is -0.132. The molecule has 0 radical (unpaired) electrons. The Morgan fingerprint density at radius 2 is 1.90 bits per heavy atom. The molecule has 0 bridgehead atoms. The number of amides is 3. The molecule has 3 amide bonds. The topological polar surface area (TPSA) is 151 Å². The molecule has 0 unspecified atom stereocenters. The SMILES string of the molecule is CCCCN(CCNCCc1ccc(O)c2c1OCC(=O)N2)C(=O)CCOCCc1cccc(CN2CCC3(CC2)CN(C(=O)c2ccn(CC4CC4)n2)CCO3)c1. The maximum Gasteiger partial charge on any atom is 0.274 e. The highest BCUT2D eigenvalue weighted by Crippen LogP contribution is 2.39. The minimum atomic E-state index is -0.292. The normalized spacial score (nSPS) is 17.8. The maximum absolute atomic E-state index is 13.4. The number of piperidine rings is 1. The van der Waals surface area contributed by atoms with Crippen LogP contribution in [0.3, 0.4) is 0 Å². The lowest BCUT2D eigenvalue weighted by atomic mass is 9.89. The molecular formula is C44H61N7O7. The van der Waals surface area contributed by atoms with E-state index in [1.54, 1.807) is 6.07 Å². The number of aromatic nitrogens is 2. The van der Waals surface area contributed by atoms with E-state index in [2.05, 4.69) is 51.8 Å². The molecule has 3 N–H and O–H groups in total. The van der Waals surface area contributed by atoms with E-state index in [9.17, 15) is 19.5 Å². The van der Waals surface area contributed by atoms with Crippen LogP contribution in [0.4, 0.5) is 5.69 Å². The van der Waals surface area contributed by atoms with Gasteiger partial charge in [-0.3, -0.25) is 24.0 Å². The molecule has 2 aromatic carbocycles. The monoisotopic (exact) mass is 799 g/mol. The van der Waals surface area contributed by atoms with Crippen LogP contribution in [-0.4, -0.2) is 132 Å². The number of carbonyl (C=O) groups excluding carboxylic acids is 3. The molecule has 3 fully saturated rings. The van der Waals surface area contributed by atoms with Crippen molar-refractivity contribution in [1.82, 2.24) is 29.8 Å². The van der Waals surface area contributed by atoms with Crippen LogP contribution in [0.15, 0.2) is 48.7 Å². The summed E-state index contributed by atoms with van der Waals surface area (Å²) >= 11 is 0. The Morgan fingerprint density at radius 1 is 1.05 bits per heavy atom. The van der Waals surface area contributed by atoms with Gasteiger partial charge in [0.1, 0.15) is 17.1 Å². The van der Waals surface area contributed by atoms with Crippen molar-refractivity contribution < 1.29 is 33.7 Å². The van der Waals surface area contributed by atoms with Crippen LogP contribution >= 0.6 is 0 Å². The third-order valence-electron chi connectivity index (χ3n) is 11.8. The van der Waals surface area contributed by atoms with Gasteiger partial charge < -0.3 is 39.8 Å². The molecule has 2 saturated heterocycles. The van der Waals surface area contributed by atoms with Crippen LogP contribution in [0.1, 0.15) is 79.0 Å². The van der Waals surface area contributed by atoms with E-state index in [-0.39, 0.29) is 35.7 Å². The van der Waals surface area contributed by atoms with E-state index in [0.29, 0.717) is 88.4 Å². The van der Waals surface area contributed by atoms with Gasteiger partial charge in [0, 0.05) is 58.6 Å². The first-order valence-electron chi connectivity index (χ1n) is 21.4. The summed E-state index contributed by atoms with van der Waals surface area (Å²) in [5.74, 6) is 1.05. The molecule has 1 aromatic heterocycles. The Bertz CT molecular complexity index is 1850. The molecule has 314 valence electrons. The number of fused-ring (bicyclic) bond motifs is 1. The molecule has 4 heterocycles. The molecule has 1 spiro atoms. The minimum Gasteiger partial charge on any atom is -0.506 e. The largest absolute Gasteiger partial charge is 0.506 e. The molecule has 0 atom stereocenters. The van der Waals surface area contributed by atoms with Crippen LogP contribution in [0.2, 0.25) is 0 Å². The number of nitrogens with one attached hydrogen (secondary N) is 2. The summed E-state index contributed by atoms with van der Waals surface area (Å²) in [4.78, 5) is 44.6. The zero-order valence-electron chi connectivity index (χ0n) is 34.1. The summed E-state index contributed by atoms with van der Waals surface area (Å²) in [7, 11) is 0. The summed E-state index contributed by atoms with van der Waals surface area (Å²) in [5, 5.41) is 20.8. The second-order valence-corrected chi connectivity index (χ2v) is 16.4. The highest BCUT2D eigenvalue weighted by atomic mass is 16.5. The second kappa shape index (κ2) is 20.0. The van der Waals surface area contributed by atoms with Crippen molar-refractivity contribution in [3.63, 3.8) is 0 Å². The number of likely N-dealkylation sites (tertiary alicyclic amines) is 1. The van der Waals surface area contributed by atoms with Crippen molar-refractivity contribution in [1.29, 1.82) is 0 Å². The highest BCUT2D eigenvalue weighted by molar-refractivity contribution is 5.97. The van der Waals surface area contributed by atoms with Crippen LogP contribution < -0.4 is 15.4 Å². The van der Waals surface area contributed by atoms with Crippen LogP contribution in [-0.2, 0) is 45.0 Å². The van der Waals surface area contributed by atoms with Gasteiger partial charge in [-0.25, -0.2) is 0 Å². The number of phenolic OH excluding ortho intramolecular Hbond substituents is 1. The third kappa shape index (κ3) is 11.4. The van der Waals surface area contributed by atoms with Crippen molar-refractivity contribution in [2.45, 2.75) is 83.4 Å². The number of carbonyl (C=O) groups is 3. The Balaban J connectivity index is 0.783. The Morgan fingerprint density at radius 3 is 2.72 bits per heavy atom. The Hall–Kier alpha value is -4.50. The van der Waals surface area contributed by atoms with Gasteiger partial charge in [-0.05, 0) is 86.2 Å². The van der Waals surface area contributed by atoms with Crippen molar-refractivity contribution in [2.24, 2.45) is 5.92 Å². The zero-order valence-corrected chi connectivity index (χ0v) is 34.1. The quantitative estimate of drug-likeness (QED) is 0.112. The molecule has 3 aromatic rings. The first kappa shape index (κ1) is 41.7. The van der Waals surface area contributed by atoms with Crippen molar-refractivity contribution >= 4 is 23.4 Å². The number of anilines is 1. The number of rotatable bonds is 20. The molecule has 7 rings (SSSR count). The van der Waals surface area contributed by atoms with Gasteiger partial charge in [0.15, 0.2) is 12.4 Å². The number of hydrogen-bond acceptors (Lipinski definition) is 10. The minimum absolute atomic E-state index is 0.00981. The number of hydrogen-bond donors (Lipinski definition) is 3. The smallest absolute Gasteiger partial charge is 0.274 e. The van der Waals surface area contributed by atoms with Gasteiger partial charge in [-0.1, -0.05) is 43.7 Å². The molecule has 1 aliphatic carbocycles. The molecular weight excluding hydrogens is 739 g/mol. The van der Waals surface area contributed by atoms with E-state index in [1.165, 1.54) is 24.0 Å². The third-order valence-corrected chi connectivity index (χ3v) is 11.8. The summed E-state index contributed by atoms with van der Waals surface area (Å²) in [6.07, 6.45) is 10.00. The van der Waals surface area contributed by atoms with E-state index in [0.717, 1.165) is 70.4 Å². The summed E-state index contributed by atoms with van der Waals surface area (Å²) in [6, 6.07) is 13.9. The number of benzene rings is 2. The Kier molecular flexibility index (Phi) is 14.3. The van der Waals surface area contributed by atoms with Gasteiger partial charge in [-0.2, -0.15) is 5.10 Å². The average Bonchev–Trinajstić information content (AvgIpc) is 3.93. The van der Waals surface area contributed by atoms with Crippen molar-refractivity contribution in [3.8, 4) is 11.5 Å².